The quantitative estimate of drug-likeness (QED) is 0.508. The number of carbonyl (C=O) groups excluding carboxylic acids is 1. The first-order valence-electron chi connectivity index (χ1n) is 5.76. The van der Waals surface area contributed by atoms with Crippen LogP contribution in [0.4, 0.5) is 0 Å². The number of hydrogen-bond acceptors (Lipinski definition) is 5. The second-order valence-electron chi connectivity index (χ2n) is 4.10. The molecule has 0 aliphatic heterocycles. The number of aromatic nitrogens is 1. The minimum absolute atomic E-state index is 0.332. The van der Waals surface area contributed by atoms with Gasteiger partial charge in [-0.05, 0) is 31.0 Å². The average Bonchev–Trinajstić information content (AvgIpc) is 2.88. The van der Waals surface area contributed by atoms with Crippen LogP contribution in [0.5, 0.6) is 5.75 Å². The molecule has 19 heavy (non-hydrogen) atoms. The molecule has 0 bridgehead atoms. The lowest BCUT2D eigenvalue weighted by atomic mass is 10.1. The van der Waals surface area contributed by atoms with E-state index in [9.17, 15) is 4.79 Å². The molecule has 5 nitrogen and oxygen atoms in total. The third kappa shape index (κ3) is 3.10. The highest BCUT2D eigenvalue weighted by Crippen LogP contribution is 2.22. The highest BCUT2D eigenvalue weighted by atomic mass is 32.1. The SMILES string of the molecule is Cc1cccc(OCc2csc(C(=O)NN)n2)c1C. The highest BCUT2D eigenvalue weighted by molar-refractivity contribution is 7.11. The Morgan fingerprint density at radius 3 is 3.00 bits per heavy atom. The minimum atomic E-state index is -0.386. The molecule has 1 amide bonds. The number of amides is 1. The Bertz CT molecular complexity index is 595. The average molecular weight is 277 g/mol. The van der Waals surface area contributed by atoms with Crippen LogP contribution in [0.15, 0.2) is 23.6 Å². The molecule has 0 saturated carbocycles. The fourth-order valence-electron chi connectivity index (χ4n) is 1.57. The van der Waals surface area contributed by atoms with Crippen molar-refractivity contribution in [1.29, 1.82) is 0 Å². The summed E-state index contributed by atoms with van der Waals surface area (Å²) in [6, 6.07) is 5.91. The molecule has 0 aliphatic rings. The lowest BCUT2D eigenvalue weighted by Crippen LogP contribution is -2.29. The zero-order valence-corrected chi connectivity index (χ0v) is 11.6. The van der Waals surface area contributed by atoms with E-state index in [1.807, 2.05) is 32.0 Å². The van der Waals surface area contributed by atoms with Crippen LogP contribution >= 0.6 is 11.3 Å². The largest absolute Gasteiger partial charge is 0.487 e. The molecule has 0 spiro atoms. The van der Waals surface area contributed by atoms with E-state index in [1.54, 1.807) is 5.38 Å². The number of hydrazine groups is 1. The van der Waals surface area contributed by atoms with Crippen LogP contribution in [-0.4, -0.2) is 10.9 Å². The molecular formula is C13H15N3O2S. The topological polar surface area (TPSA) is 77.2 Å². The minimum Gasteiger partial charge on any atom is -0.487 e. The number of ether oxygens (including phenoxy) is 1. The smallest absolute Gasteiger partial charge is 0.294 e. The van der Waals surface area contributed by atoms with Gasteiger partial charge in [-0.25, -0.2) is 10.8 Å². The number of nitrogens with one attached hydrogen (secondary N) is 1. The Hall–Kier alpha value is -1.92. The molecule has 0 radical (unpaired) electrons. The molecule has 1 aromatic carbocycles. The maximum atomic E-state index is 11.3. The molecule has 0 unspecified atom stereocenters. The van der Waals surface area contributed by atoms with Gasteiger partial charge in [0.1, 0.15) is 12.4 Å². The van der Waals surface area contributed by atoms with Crippen molar-refractivity contribution in [3.8, 4) is 5.75 Å². The number of aryl methyl sites for hydroxylation is 1. The summed E-state index contributed by atoms with van der Waals surface area (Å²) in [7, 11) is 0. The maximum absolute atomic E-state index is 11.3. The van der Waals surface area contributed by atoms with E-state index in [4.69, 9.17) is 10.6 Å². The van der Waals surface area contributed by atoms with Crippen molar-refractivity contribution in [3.63, 3.8) is 0 Å². The highest BCUT2D eigenvalue weighted by Gasteiger charge is 2.10. The number of rotatable bonds is 4. The van der Waals surface area contributed by atoms with Gasteiger partial charge in [-0.3, -0.25) is 10.2 Å². The van der Waals surface area contributed by atoms with Gasteiger partial charge in [0.15, 0.2) is 5.01 Å². The molecule has 0 fully saturated rings. The Morgan fingerprint density at radius 1 is 1.47 bits per heavy atom. The fraction of sp³-hybridized carbons (Fsp3) is 0.231. The Labute approximate surface area is 115 Å². The van der Waals surface area contributed by atoms with E-state index in [1.165, 1.54) is 16.9 Å². The van der Waals surface area contributed by atoms with Crippen LogP contribution < -0.4 is 16.0 Å². The van der Waals surface area contributed by atoms with Crippen molar-refractivity contribution >= 4 is 17.2 Å². The Balaban J connectivity index is 2.04. The molecule has 100 valence electrons. The molecule has 0 saturated heterocycles. The van der Waals surface area contributed by atoms with Gasteiger partial charge in [-0.2, -0.15) is 0 Å². The van der Waals surface area contributed by atoms with Crippen LogP contribution in [0, 0.1) is 13.8 Å². The van der Waals surface area contributed by atoms with Gasteiger partial charge in [0.25, 0.3) is 5.91 Å². The number of hydrogen-bond donors (Lipinski definition) is 2. The normalized spacial score (nSPS) is 10.3. The molecular weight excluding hydrogens is 262 g/mol. The van der Waals surface area contributed by atoms with Gasteiger partial charge in [0, 0.05) is 5.38 Å². The van der Waals surface area contributed by atoms with E-state index < -0.39 is 0 Å². The Kier molecular flexibility index (Phi) is 4.13. The third-order valence-electron chi connectivity index (χ3n) is 2.81. The predicted octanol–water partition coefficient (Wildman–Crippen LogP) is 1.94. The van der Waals surface area contributed by atoms with Crippen molar-refractivity contribution in [2.24, 2.45) is 5.84 Å². The van der Waals surface area contributed by atoms with Gasteiger partial charge >= 0.3 is 0 Å². The van der Waals surface area contributed by atoms with Gasteiger partial charge in [0.2, 0.25) is 0 Å². The molecule has 2 aromatic rings. The monoisotopic (exact) mass is 277 g/mol. The van der Waals surface area contributed by atoms with Crippen molar-refractivity contribution in [2.45, 2.75) is 20.5 Å². The molecule has 1 aromatic heterocycles. The summed E-state index contributed by atoms with van der Waals surface area (Å²) in [5, 5.41) is 2.12. The van der Waals surface area contributed by atoms with Crippen LogP contribution in [0.2, 0.25) is 0 Å². The lowest BCUT2D eigenvalue weighted by molar-refractivity contribution is 0.0953. The number of carbonyl (C=O) groups is 1. The first-order valence-corrected chi connectivity index (χ1v) is 6.64. The van der Waals surface area contributed by atoms with Crippen molar-refractivity contribution < 1.29 is 9.53 Å². The molecule has 6 heteroatoms. The zero-order chi connectivity index (χ0) is 13.8. The van der Waals surface area contributed by atoms with E-state index >= 15 is 0 Å². The standard InChI is InChI=1S/C13H15N3O2S/c1-8-4-3-5-11(9(8)2)18-6-10-7-19-13(15-10)12(17)16-14/h3-5,7H,6,14H2,1-2H3,(H,16,17). The first-order chi connectivity index (χ1) is 9.11. The summed E-state index contributed by atoms with van der Waals surface area (Å²) in [5.41, 5.74) is 5.05. The summed E-state index contributed by atoms with van der Waals surface area (Å²) in [4.78, 5) is 15.4. The second kappa shape index (κ2) is 5.81. The van der Waals surface area contributed by atoms with Crippen LogP contribution in [0.25, 0.3) is 0 Å². The summed E-state index contributed by atoms with van der Waals surface area (Å²) in [6.07, 6.45) is 0. The van der Waals surface area contributed by atoms with E-state index in [0.29, 0.717) is 17.3 Å². The van der Waals surface area contributed by atoms with Gasteiger partial charge in [-0.15, -0.1) is 11.3 Å². The fourth-order valence-corrected chi connectivity index (χ4v) is 2.28. The van der Waals surface area contributed by atoms with Crippen LogP contribution in [0.3, 0.4) is 0 Å². The van der Waals surface area contributed by atoms with Gasteiger partial charge in [-0.1, -0.05) is 12.1 Å². The third-order valence-corrected chi connectivity index (χ3v) is 3.70. The second-order valence-corrected chi connectivity index (χ2v) is 4.96. The maximum Gasteiger partial charge on any atom is 0.294 e. The summed E-state index contributed by atoms with van der Waals surface area (Å²) in [5.74, 6) is 5.50. The number of thiazole rings is 1. The summed E-state index contributed by atoms with van der Waals surface area (Å²) >= 11 is 1.24. The van der Waals surface area contributed by atoms with Crippen LogP contribution in [0.1, 0.15) is 26.6 Å². The molecule has 3 N–H and O–H groups in total. The number of benzene rings is 1. The van der Waals surface area contributed by atoms with Crippen molar-refractivity contribution in [3.05, 3.63) is 45.4 Å². The number of nitrogens with zero attached hydrogens (tertiary/aromatic N) is 1. The molecule has 0 atom stereocenters. The molecule has 2 rings (SSSR count). The Morgan fingerprint density at radius 2 is 2.26 bits per heavy atom. The van der Waals surface area contributed by atoms with Crippen molar-refractivity contribution in [2.75, 3.05) is 0 Å². The van der Waals surface area contributed by atoms with Crippen LogP contribution in [-0.2, 0) is 6.61 Å². The first kappa shape index (κ1) is 13.5. The zero-order valence-electron chi connectivity index (χ0n) is 10.8. The molecule has 1 heterocycles. The summed E-state index contributed by atoms with van der Waals surface area (Å²) < 4.78 is 5.71. The predicted molar refractivity (Wildman–Crippen MR) is 74.0 cm³/mol. The van der Waals surface area contributed by atoms with E-state index in [-0.39, 0.29) is 5.91 Å². The number of nitrogen functional groups attached to an aromatic ring is 1. The lowest BCUT2D eigenvalue weighted by Gasteiger charge is -2.09. The van der Waals surface area contributed by atoms with E-state index in [2.05, 4.69) is 10.4 Å². The van der Waals surface area contributed by atoms with Gasteiger partial charge < -0.3 is 4.74 Å². The van der Waals surface area contributed by atoms with E-state index in [0.717, 1.165) is 11.3 Å². The summed E-state index contributed by atoms with van der Waals surface area (Å²) in [6.45, 7) is 4.38. The number of nitrogens with two attached hydrogens (primary N) is 1. The van der Waals surface area contributed by atoms with Crippen molar-refractivity contribution in [1.82, 2.24) is 10.4 Å². The van der Waals surface area contributed by atoms with Gasteiger partial charge in [0.05, 0.1) is 5.69 Å². The molecule has 0 aliphatic carbocycles.